The highest BCUT2D eigenvalue weighted by atomic mass is 16.5. The van der Waals surface area contributed by atoms with Crippen molar-refractivity contribution < 1.29 is 57.4 Å². The molecule has 0 radical (unpaired) electrons. The molecule has 1 unspecified atom stereocenters. The van der Waals surface area contributed by atoms with Crippen LogP contribution in [0, 0.1) is 16.2 Å². The minimum absolute atomic E-state index is 0.00357. The number of primary amides is 1. The van der Waals surface area contributed by atoms with Crippen LogP contribution >= 0.6 is 0 Å². The first-order valence-corrected chi connectivity index (χ1v) is 32.3. The van der Waals surface area contributed by atoms with Gasteiger partial charge in [0, 0.05) is 45.6 Å². The van der Waals surface area contributed by atoms with Crippen LogP contribution in [0.25, 0.3) is 0 Å². The highest BCUT2D eigenvalue weighted by molar-refractivity contribution is 5.98. The van der Waals surface area contributed by atoms with Gasteiger partial charge in [-0.15, -0.1) is 0 Å². The van der Waals surface area contributed by atoms with Gasteiger partial charge in [0.25, 0.3) is 0 Å². The lowest BCUT2D eigenvalue weighted by Gasteiger charge is -2.29. The second-order valence-corrected chi connectivity index (χ2v) is 22.5. The lowest BCUT2D eigenvalue weighted by atomic mass is 10.0. The Morgan fingerprint density at radius 1 is 0.435 bits per heavy atom. The van der Waals surface area contributed by atoms with Gasteiger partial charge in [0.05, 0.1) is 19.8 Å². The molecule has 0 aromatic rings. The molecule has 0 saturated carbocycles. The van der Waals surface area contributed by atoms with Crippen LogP contribution in [0.3, 0.4) is 0 Å². The van der Waals surface area contributed by atoms with Crippen molar-refractivity contribution in [3.63, 3.8) is 0 Å². The molecule has 0 spiro atoms. The van der Waals surface area contributed by atoms with Gasteiger partial charge in [0.2, 0.25) is 59.1 Å². The molecule has 35 heteroatoms. The van der Waals surface area contributed by atoms with E-state index in [9.17, 15) is 47.9 Å². The summed E-state index contributed by atoms with van der Waals surface area (Å²) in [5.41, 5.74) is 38.9. The van der Waals surface area contributed by atoms with E-state index >= 15 is 0 Å². The normalized spacial score (nSPS) is 18.7. The number of ether oxygens (including phenoxy) is 2. The maximum atomic E-state index is 14.8. The first kappa shape index (κ1) is 82.3. The molecule has 1 aliphatic heterocycles. The van der Waals surface area contributed by atoms with Crippen LogP contribution in [-0.4, -0.2) is 198 Å². The van der Waals surface area contributed by atoms with Gasteiger partial charge in [-0.05, 0) is 116 Å². The number of hydrogen-bond acceptors (Lipinski definition) is 19. The Morgan fingerprint density at radius 2 is 0.826 bits per heavy atom. The summed E-state index contributed by atoms with van der Waals surface area (Å²) in [6.07, 6.45) is 8.39. The van der Waals surface area contributed by atoms with E-state index in [2.05, 4.69) is 76.0 Å². The van der Waals surface area contributed by atoms with Crippen molar-refractivity contribution in [1.82, 2.24) is 69.1 Å². The lowest BCUT2D eigenvalue weighted by molar-refractivity contribution is -0.137. The standard InChI is InChI=1S/C57H111N23O12/c1-2-3-4-5-6-7-8-23-44(81)68-27-12-10-18-38-48(85)76-39(19-13-28-70-54(60)61)49(86)77-40(20-14-29-71-55(62)63)50(87)78-41(21-15-30-72-56(64)65)51(88)79-42(22-16-31-73-57(66)67)52(89)80-43(53(90)75-38)24-25-45(82)69-32-33-91-34-35-92-36-46(83)74-37(47(59)84)17-9-11-26-58/h37-43,54,70H,2-36,58,60-61H2,1H3,(H2,59,84)(H,68,81)(H,69,82)(H,74,83)(H,75,90)(H,76,85)(H,77,86)(H,78,87)(H,79,88)(H,80,89)(H4,62,63,71)(H4,64,65,72)(H4,66,67,73)/t37?,38-,39+,40-,41+,42-,43-/m0/s1. The first-order valence-electron chi connectivity index (χ1n) is 32.3. The minimum Gasteiger partial charge on any atom is -0.377 e. The summed E-state index contributed by atoms with van der Waals surface area (Å²) >= 11 is 0. The fourth-order valence-electron chi connectivity index (χ4n) is 9.47. The van der Waals surface area contributed by atoms with E-state index in [-0.39, 0.29) is 167 Å². The van der Waals surface area contributed by atoms with Crippen LogP contribution in [-0.2, 0) is 57.4 Å². The Labute approximate surface area is 540 Å². The van der Waals surface area contributed by atoms with E-state index in [0.717, 1.165) is 38.5 Å². The third-order valence-corrected chi connectivity index (χ3v) is 14.5. The zero-order valence-corrected chi connectivity index (χ0v) is 53.8. The van der Waals surface area contributed by atoms with Gasteiger partial charge >= 0.3 is 0 Å². The molecule has 1 saturated heterocycles. The molecule has 526 valence electrons. The van der Waals surface area contributed by atoms with Crippen LogP contribution in [0.15, 0.2) is 0 Å². The largest absolute Gasteiger partial charge is 0.377 e. The number of hydrogen-bond donors (Lipinski definition) is 23. The van der Waals surface area contributed by atoms with Crippen molar-refractivity contribution in [2.45, 2.75) is 210 Å². The van der Waals surface area contributed by atoms with Crippen molar-refractivity contribution in [3.05, 3.63) is 0 Å². The van der Waals surface area contributed by atoms with Gasteiger partial charge in [-0.2, -0.15) is 0 Å². The number of nitrogens with two attached hydrogens (primary N) is 7. The number of carbonyl (C=O) groups is 10. The number of unbranched alkanes of at least 4 members (excludes halogenated alkanes) is 8. The minimum atomic E-state index is -1.56. The number of nitrogens with one attached hydrogen (secondary N) is 16. The topological polar surface area (TPSA) is 599 Å². The maximum absolute atomic E-state index is 14.8. The summed E-state index contributed by atoms with van der Waals surface area (Å²) in [5.74, 6) is -8.20. The van der Waals surface area contributed by atoms with Gasteiger partial charge in [-0.25, -0.2) is 0 Å². The molecule has 7 atom stereocenters. The number of amides is 10. The van der Waals surface area contributed by atoms with E-state index in [1.54, 1.807) is 0 Å². The van der Waals surface area contributed by atoms with Crippen LogP contribution in [0.4, 0.5) is 0 Å². The van der Waals surface area contributed by atoms with E-state index in [1.165, 1.54) is 6.42 Å². The summed E-state index contributed by atoms with van der Waals surface area (Å²) in [5, 5.41) is 58.0. The van der Waals surface area contributed by atoms with Crippen LogP contribution < -0.4 is 109 Å². The van der Waals surface area contributed by atoms with E-state index in [0.29, 0.717) is 38.6 Å². The highest BCUT2D eigenvalue weighted by Crippen LogP contribution is 2.13. The Kier molecular flexibility index (Phi) is 45.5. The fourth-order valence-corrected chi connectivity index (χ4v) is 9.47. The van der Waals surface area contributed by atoms with Crippen molar-refractivity contribution in [1.29, 1.82) is 16.2 Å². The predicted molar refractivity (Wildman–Crippen MR) is 346 cm³/mol. The van der Waals surface area contributed by atoms with E-state index in [1.807, 2.05) is 0 Å². The highest BCUT2D eigenvalue weighted by Gasteiger charge is 2.35. The van der Waals surface area contributed by atoms with Gasteiger partial charge < -0.3 is 113 Å². The molecule has 92 heavy (non-hydrogen) atoms. The number of rotatable bonds is 47. The molecule has 0 aromatic carbocycles. The zero-order chi connectivity index (χ0) is 68.5. The monoisotopic (exact) mass is 1310 g/mol. The van der Waals surface area contributed by atoms with Crippen molar-refractivity contribution in [2.24, 2.45) is 40.1 Å². The first-order chi connectivity index (χ1) is 44.0. The molecule has 0 aromatic heterocycles. The second-order valence-electron chi connectivity index (χ2n) is 22.5. The summed E-state index contributed by atoms with van der Waals surface area (Å²) in [4.78, 5) is 138. The summed E-state index contributed by atoms with van der Waals surface area (Å²) in [6, 6.07) is -9.42. The molecule has 0 bridgehead atoms. The third kappa shape index (κ3) is 41.6. The van der Waals surface area contributed by atoms with E-state index < -0.39 is 102 Å². The molecule has 1 rings (SSSR count). The molecule has 0 aliphatic carbocycles. The van der Waals surface area contributed by atoms with Crippen molar-refractivity contribution in [3.8, 4) is 0 Å². The molecule has 10 amide bonds. The van der Waals surface area contributed by atoms with Gasteiger partial charge in [0.1, 0.15) is 55.2 Å². The Hall–Kier alpha value is -7.73. The predicted octanol–water partition coefficient (Wildman–Crippen LogP) is -5.27. The van der Waals surface area contributed by atoms with Gasteiger partial charge in [-0.1, -0.05) is 45.4 Å². The number of guanidine groups is 3. The Morgan fingerprint density at radius 3 is 1.26 bits per heavy atom. The molecular formula is C57H111N23O12. The van der Waals surface area contributed by atoms with E-state index in [4.69, 9.17) is 65.8 Å². The number of carbonyl (C=O) groups excluding carboxylic acids is 10. The average molecular weight is 1310 g/mol. The van der Waals surface area contributed by atoms with Crippen LogP contribution in [0.1, 0.15) is 161 Å². The van der Waals surface area contributed by atoms with Crippen LogP contribution in [0.2, 0.25) is 0 Å². The van der Waals surface area contributed by atoms with Crippen molar-refractivity contribution >= 4 is 77.0 Å². The van der Waals surface area contributed by atoms with Crippen molar-refractivity contribution in [2.75, 3.05) is 72.2 Å². The molecule has 1 aliphatic rings. The zero-order valence-electron chi connectivity index (χ0n) is 53.8. The molecular weight excluding hydrogens is 1200 g/mol. The molecule has 1 heterocycles. The summed E-state index contributed by atoms with van der Waals surface area (Å²) in [7, 11) is 0. The van der Waals surface area contributed by atoms with Gasteiger partial charge in [-0.3, -0.25) is 69.5 Å². The SMILES string of the molecule is CCCCCCCCCC(=O)NCCCC[C@@H]1NC(=O)[C@H](CCC(=O)NCCOCCOCC(=O)NC(CCCCN)C(N)=O)NC(=O)[C@H](CCCNC(=N)N)NC(=O)[C@@H](CCCNC(=N)N)NC(=O)[C@H](CCCNC(=N)N)NC(=O)[C@@H](CCCNC(N)N)NC1=O. The Bertz CT molecular complexity index is 2270. The van der Waals surface area contributed by atoms with Crippen LogP contribution in [0.5, 0.6) is 0 Å². The smallest absolute Gasteiger partial charge is 0.246 e. The quantitative estimate of drug-likeness (QED) is 0.0117. The molecule has 1 fully saturated rings. The summed E-state index contributed by atoms with van der Waals surface area (Å²) < 4.78 is 10.9. The average Bonchev–Trinajstić information content (AvgIpc) is 1.000. The fraction of sp³-hybridized carbons (Fsp3) is 0.772. The third-order valence-electron chi connectivity index (χ3n) is 14.5. The lowest BCUT2D eigenvalue weighted by Crippen LogP contribution is -2.61. The maximum Gasteiger partial charge on any atom is 0.246 e. The Balaban J connectivity index is 3.73. The summed E-state index contributed by atoms with van der Waals surface area (Å²) in [6.45, 7) is 2.88. The molecule has 35 nitrogen and oxygen atoms in total. The van der Waals surface area contributed by atoms with Gasteiger partial charge in [0.15, 0.2) is 17.9 Å². The second kappa shape index (κ2) is 50.9. The molecule has 30 N–H and O–H groups in total.